The van der Waals surface area contributed by atoms with E-state index in [-0.39, 0.29) is 11.9 Å². The van der Waals surface area contributed by atoms with Crippen LogP contribution >= 0.6 is 11.8 Å². The van der Waals surface area contributed by atoms with E-state index in [1.54, 1.807) is 6.20 Å². The first-order valence-corrected chi connectivity index (χ1v) is 9.02. The van der Waals surface area contributed by atoms with Gasteiger partial charge in [0.05, 0.1) is 6.04 Å². The smallest absolute Gasteiger partial charge is 0.248 e. The molecule has 0 aliphatic carbocycles. The largest absolute Gasteiger partial charge is 0.346 e. The number of nitrogens with one attached hydrogen (secondary N) is 2. The molecule has 5 nitrogen and oxygen atoms in total. The lowest BCUT2D eigenvalue weighted by molar-refractivity contribution is -0.132. The quantitative estimate of drug-likeness (QED) is 0.904. The summed E-state index contributed by atoms with van der Waals surface area (Å²) >= 11 is 1.81. The van der Waals surface area contributed by atoms with Crippen molar-refractivity contribution in [3.63, 3.8) is 0 Å². The third kappa shape index (κ3) is 2.56. The Hall–Kier alpha value is -1.79. The second kappa shape index (κ2) is 6.02. The number of hydrogen-bond donors (Lipinski definition) is 2. The molecule has 0 bridgehead atoms. The summed E-state index contributed by atoms with van der Waals surface area (Å²) < 4.78 is 1.84. The Labute approximate surface area is 139 Å². The van der Waals surface area contributed by atoms with Gasteiger partial charge in [-0.15, -0.1) is 11.8 Å². The predicted octanol–water partition coefficient (Wildman–Crippen LogP) is 1.92. The molecular weight excluding hydrogens is 308 g/mol. The van der Waals surface area contributed by atoms with Crippen LogP contribution in [0.4, 0.5) is 0 Å². The number of fused-ring (bicyclic) bond motifs is 1. The normalized spacial score (nSPS) is 22.5. The predicted molar refractivity (Wildman–Crippen MR) is 90.4 cm³/mol. The highest BCUT2D eigenvalue weighted by atomic mass is 32.2. The number of carbonyl (C=O) groups excluding carboxylic acids is 1. The molecule has 0 spiro atoms. The van der Waals surface area contributed by atoms with Crippen molar-refractivity contribution < 1.29 is 4.79 Å². The summed E-state index contributed by atoms with van der Waals surface area (Å²) in [5.74, 6) is 0.989. The Morgan fingerprint density at radius 2 is 2.13 bits per heavy atom. The van der Waals surface area contributed by atoms with Crippen LogP contribution in [-0.4, -0.2) is 34.5 Å². The van der Waals surface area contributed by atoms with Gasteiger partial charge >= 0.3 is 0 Å². The molecule has 2 aliphatic heterocycles. The molecule has 1 aromatic carbocycles. The zero-order valence-corrected chi connectivity index (χ0v) is 13.7. The van der Waals surface area contributed by atoms with E-state index in [4.69, 9.17) is 0 Å². The fourth-order valence-corrected chi connectivity index (χ4v) is 4.66. The van der Waals surface area contributed by atoms with Gasteiger partial charge in [-0.1, -0.05) is 18.2 Å². The molecule has 0 radical (unpaired) electrons. The monoisotopic (exact) mass is 328 g/mol. The van der Waals surface area contributed by atoms with Crippen LogP contribution in [0.3, 0.4) is 0 Å². The maximum absolute atomic E-state index is 13.2. The van der Waals surface area contributed by atoms with Gasteiger partial charge in [-0.25, -0.2) is 0 Å². The van der Waals surface area contributed by atoms with Gasteiger partial charge < -0.3 is 10.6 Å². The maximum Gasteiger partial charge on any atom is 0.248 e. The van der Waals surface area contributed by atoms with Gasteiger partial charge in [0.15, 0.2) is 0 Å². The molecule has 1 unspecified atom stereocenters. The number of aromatic nitrogens is 2. The summed E-state index contributed by atoms with van der Waals surface area (Å²) in [5, 5.41) is 11.0. The van der Waals surface area contributed by atoms with E-state index in [0.717, 1.165) is 31.7 Å². The van der Waals surface area contributed by atoms with Gasteiger partial charge in [0.2, 0.25) is 5.91 Å². The van der Waals surface area contributed by atoms with Crippen molar-refractivity contribution in [3.8, 4) is 0 Å². The first kappa shape index (κ1) is 14.8. The minimum absolute atomic E-state index is 0.0880. The first-order valence-electron chi connectivity index (χ1n) is 8.03. The van der Waals surface area contributed by atoms with Crippen molar-refractivity contribution in [2.75, 3.05) is 18.8 Å². The van der Waals surface area contributed by atoms with Crippen LogP contribution in [0.1, 0.15) is 24.4 Å². The molecule has 2 aromatic rings. The van der Waals surface area contributed by atoms with Crippen molar-refractivity contribution in [2.24, 2.45) is 0 Å². The van der Waals surface area contributed by atoms with Gasteiger partial charge in [-0.2, -0.15) is 5.10 Å². The third-order valence-electron chi connectivity index (χ3n) is 4.80. The summed E-state index contributed by atoms with van der Waals surface area (Å²) in [6, 6.07) is 10.3. The van der Waals surface area contributed by atoms with Gasteiger partial charge in [0.1, 0.15) is 5.54 Å². The van der Waals surface area contributed by atoms with Crippen molar-refractivity contribution >= 4 is 17.7 Å². The molecule has 0 saturated carbocycles. The molecule has 3 heterocycles. The zero-order chi connectivity index (χ0) is 15.7. The van der Waals surface area contributed by atoms with Gasteiger partial charge in [0, 0.05) is 23.0 Å². The van der Waals surface area contributed by atoms with Crippen molar-refractivity contribution in [3.05, 3.63) is 48.3 Å². The summed E-state index contributed by atoms with van der Waals surface area (Å²) in [6.07, 6.45) is 5.18. The standard InChI is InChI=1S/C17H20N4OS/c22-16(20-14-12-23-15-5-2-1-4-13(14)15)17(6-9-18-10-7-17)21-11-3-8-19-21/h1-5,8,11,14,18H,6-7,9-10,12H2,(H,20,22). The Kier molecular flexibility index (Phi) is 3.87. The third-order valence-corrected chi connectivity index (χ3v) is 5.98. The summed E-state index contributed by atoms with van der Waals surface area (Å²) in [6.45, 7) is 1.67. The number of carbonyl (C=O) groups is 1. The number of rotatable bonds is 3. The van der Waals surface area contributed by atoms with E-state index < -0.39 is 5.54 Å². The molecule has 2 aliphatic rings. The van der Waals surface area contributed by atoms with Crippen LogP contribution in [0.2, 0.25) is 0 Å². The molecular formula is C17H20N4OS. The second-order valence-electron chi connectivity index (χ2n) is 6.11. The molecule has 1 saturated heterocycles. The van der Waals surface area contributed by atoms with Crippen LogP contribution in [0.15, 0.2) is 47.6 Å². The highest BCUT2D eigenvalue weighted by Gasteiger charge is 2.43. The Morgan fingerprint density at radius 3 is 2.91 bits per heavy atom. The molecule has 120 valence electrons. The minimum Gasteiger partial charge on any atom is -0.346 e. The number of nitrogens with zero attached hydrogens (tertiary/aromatic N) is 2. The lowest BCUT2D eigenvalue weighted by atomic mass is 9.87. The van der Waals surface area contributed by atoms with Gasteiger partial charge in [-0.05, 0) is 43.6 Å². The van der Waals surface area contributed by atoms with Crippen molar-refractivity contribution in [1.82, 2.24) is 20.4 Å². The summed E-state index contributed by atoms with van der Waals surface area (Å²) in [5.41, 5.74) is 0.659. The lowest BCUT2D eigenvalue weighted by Gasteiger charge is -2.37. The Bertz CT molecular complexity index is 694. The lowest BCUT2D eigenvalue weighted by Crippen LogP contribution is -2.55. The molecule has 1 atom stereocenters. The highest BCUT2D eigenvalue weighted by Crippen LogP contribution is 2.38. The molecule has 1 aromatic heterocycles. The van der Waals surface area contributed by atoms with E-state index in [0.29, 0.717) is 0 Å². The van der Waals surface area contributed by atoms with E-state index >= 15 is 0 Å². The van der Waals surface area contributed by atoms with Gasteiger partial charge in [-0.3, -0.25) is 9.48 Å². The summed E-state index contributed by atoms with van der Waals surface area (Å²) in [4.78, 5) is 14.4. The maximum atomic E-state index is 13.2. The van der Waals surface area contributed by atoms with Crippen LogP contribution in [0, 0.1) is 0 Å². The second-order valence-corrected chi connectivity index (χ2v) is 7.17. The van der Waals surface area contributed by atoms with Gasteiger partial charge in [0.25, 0.3) is 0 Å². The van der Waals surface area contributed by atoms with Crippen molar-refractivity contribution in [1.29, 1.82) is 0 Å². The molecule has 2 N–H and O–H groups in total. The average molecular weight is 328 g/mol. The molecule has 4 rings (SSSR count). The number of piperidine rings is 1. The first-order chi connectivity index (χ1) is 11.3. The number of benzene rings is 1. The minimum atomic E-state index is -0.572. The highest BCUT2D eigenvalue weighted by molar-refractivity contribution is 7.99. The van der Waals surface area contributed by atoms with E-state index in [9.17, 15) is 4.79 Å². The Balaban J connectivity index is 1.60. The van der Waals surface area contributed by atoms with Crippen molar-refractivity contribution in [2.45, 2.75) is 29.3 Å². The number of hydrogen-bond acceptors (Lipinski definition) is 4. The Morgan fingerprint density at radius 1 is 1.30 bits per heavy atom. The molecule has 6 heteroatoms. The zero-order valence-electron chi connectivity index (χ0n) is 12.9. The van der Waals surface area contributed by atoms with Crippen LogP contribution < -0.4 is 10.6 Å². The average Bonchev–Trinajstić information content (AvgIpc) is 3.26. The van der Waals surface area contributed by atoms with E-state index in [1.165, 1.54) is 10.5 Å². The van der Waals surface area contributed by atoms with Crippen LogP contribution in [-0.2, 0) is 10.3 Å². The fraction of sp³-hybridized carbons (Fsp3) is 0.412. The number of thioether (sulfide) groups is 1. The fourth-order valence-electron chi connectivity index (χ4n) is 3.50. The van der Waals surface area contributed by atoms with E-state index in [2.05, 4.69) is 27.9 Å². The molecule has 23 heavy (non-hydrogen) atoms. The number of amides is 1. The summed E-state index contributed by atoms with van der Waals surface area (Å²) in [7, 11) is 0. The molecule has 1 fully saturated rings. The SMILES string of the molecule is O=C(NC1CSc2ccccc21)C1(n2cccn2)CCNCC1. The van der Waals surface area contributed by atoms with E-state index in [1.807, 2.05) is 40.8 Å². The van der Waals surface area contributed by atoms with Crippen LogP contribution in [0.25, 0.3) is 0 Å². The topological polar surface area (TPSA) is 59.0 Å². The van der Waals surface area contributed by atoms with Crippen LogP contribution in [0.5, 0.6) is 0 Å². The molecule has 1 amide bonds.